The predicted octanol–water partition coefficient (Wildman–Crippen LogP) is 6.15. The number of aliphatic imine (C=N–C) groups is 1. The van der Waals surface area contributed by atoms with Crippen molar-refractivity contribution < 1.29 is 32.2 Å². The topological polar surface area (TPSA) is 75.6 Å². The molecule has 0 aromatic heterocycles. The molecule has 5 rings (SSSR count). The van der Waals surface area contributed by atoms with Crippen LogP contribution in [0.3, 0.4) is 0 Å². The van der Waals surface area contributed by atoms with Gasteiger partial charge < -0.3 is 29.3 Å². The first-order chi connectivity index (χ1) is 18.7. The molecule has 0 atom stereocenters. The lowest BCUT2D eigenvalue weighted by Crippen LogP contribution is -2.39. The van der Waals surface area contributed by atoms with E-state index in [2.05, 4.69) is 10.3 Å². The van der Waals surface area contributed by atoms with E-state index in [1.54, 1.807) is 54.5 Å². The van der Waals surface area contributed by atoms with E-state index in [1.807, 2.05) is 4.90 Å². The molecule has 0 spiro atoms. The smallest absolute Gasteiger partial charge is 0.416 e. The first kappa shape index (κ1) is 26.2. The average molecular weight is 541 g/mol. The Morgan fingerprint density at radius 3 is 2.46 bits per heavy atom. The fourth-order valence-corrected chi connectivity index (χ4v) is 4.54. The Balaban J connectivity index is 1.43. The Labute approximate surface area is 223 Å². The van der Waals surface area contributed by atoms with Gasteiger partial charge in [-0.05, 0) is 55.0 Å². The molecule has 3 aromatic rings. The minimum Gasteiger partial charge on any atom is -0.497 e. The summed E-state index contributed by atoms with van der Waals surface area (Å²) >= 11 is 0. The van der Waals surface area contributed by atoms with E-state index in [9.17, 15) is 18.0 Å². The third-order valence-corrected chi connectivity index (χ3v) is 6.56. The largest absolute Gasteiger partial charge is 0.497 e. The van der Waals surface area contributed by atoms with Crippen LogP contribution in [0.4, 0.5) is 29.3 Å². The van der Waals surface area contributed by atoms with Crippen LogP contribution in [0.25, 0.3) is 0 Å². The number of ether oxygens (including phenoxy) is 3. The van der Waals surface area contributed by atoms with Crippen LogP contribution < -0.4 is 19.5 Å². The SMILES string of the molecule is COc1cccc(NC(=O)N2CCCN(C3=Nc4cc(C(F)(F)F)ccc4Oc4ccc(OC)cc43)CC2)c1. The van der Waals surface area contributed by atoms with Crippen molar-refractivity contribution in [1.29, 1.82) is 0 Å². The molecular formula is C28H27F3N4O4. The van der Waals surface area contributed by atoms with Crippen molar-refractivity contribution in [2.75, 3.05) is 45.7 Å². The second-order valence-corrected chi connectivity index (χ2v) is 9.07. The van der Waals surface area contributed by atoms with Gasteiger partial charge in [0.1, 0.15) is 28.8 Å². The Morgan fingerprint density at radius 2 is 1.69 bits per heavy atom. The van der Waals surface area contributed by atoms with Gasteiger partial charge in [0.25, 0.3) is 0 Å². The van der Waals surface area contributed by atoms with Crippen molar-refractivity contribution in [1.82, 2.24) is 9.80 Å². The highest BCUT2D eigenvalue weighted by atomic mass is 19.4. The van der Waals surface area contributed by atoms with Gasteiger partial charge in [0.15, 0.2) is 5.75 Å². The Kier molecular flexibility index (Phi) is 7.23. The number of amidine groups is 1. The van der Waals surface area contributed by atoms with E-state index < -0.39 is 11.7 Å². The zero-order chi connectivity index (χ0) is 27.6. The number of benzene rings is 3. The lowest BCUT2D eigenvalue weighted by molar-refractivity contribution is -0.137. The molecule has 11 heteroatoms. The van der Waals surface area contributed by atoms with Gasteiger partial charge in [-0.3, -0.25) is 0 Å². The molecule has 1 fully saturated rings. The maximum atomic E-state index is 13.5. The van der Waals surface area contributed by atoms with Gasteiger partial charge in [-0.25, -0.2) is 9.79 Å². The van der Waals surface area contributed by atoms with E-state index in [0.29, 0.717) is 66.9 Å². The number of nitrogens with one attached hydrogen (secondary N) is 1. The number of rotatable bonds is 3. The van der Waals surface area contributed by atoms with Gasteiger partial charge in [-0.2, -0.15) is 13.2 Å². The summed E-state index contributed by atoms with van der Waals surface area (Å²) in [5.41, 5.74) is 0.469. The molecule has 0 saturated carbocycles. The number of fused-ring (bicyclic) bond motifs is 2. The van der Waals surface area contributed by atoms with E-state index in [1.165, 1.54) is 13.2 Å². The Bertz CT molecular complexity index is 1410. The van der Waals surface area contributed by atoms with Crippen LogP contribution in [0.5, 0.6) is 23.0 Å². The maximum absolute atomic E-state index is 13.5. The molecule has 39 heavy (non-hydrogen) atoms. The molecule has 2 amide bonds. The summed E-state index contributed by atoms with van der Waals surface area (Å²) in [4.78, 5) is 21.4. The lowest BCUT2D eigenvalue weighted by atomic mass is 10.1. The molecule has 2 aliphatic heterocycles. The van der Waals surface area contributed by atoms with Crippen LogP contribution in [0, 0.1) is 0 Å². The Hall–Kier alpha value is -4.41. The van der Waals surface area contributed by atoms with Crippen molar-refractivity contribution in [3.63, 3.8) is 0 Å². The molecule has 204 valence electrons. The van der Waals surface area contributed by atoms with Crippen molar-refractivity contribution in [2.24, 2.45) is 4.99 Å². The van der Waals surface area contributed by atoms with Gasteiger partial charge in [0.2, 0.25) is 0 Å². The number of hydrogen-bond donors (Lipinski definition) is 1. The van der Waals surface area contributed by atoms with Gasteiger partial charge in [-0.1, -0.05) is 6.07 Å². The van der Waals surface area contributed by atoms with Gasteiger partial charge in [0.05, 0.1) is 25.3 Å². The highest BCUT2D eigenvalue weighted by Crippen LogP contribution is 2.42. The van der Waals surface area contributed by atoms with Gasteiger partial charge in [0, 0.05) is 37.9 Å². The van der Waals surface area contributed by atoms with E-state index in [-0.39, 0.29) is 17.5 Å². The standard InChI is InChI=1S/C28H27F3N4O4/c1-37-20-6-3-5-19(16-20)32-27(36)35-12-4-11-34(13-14-35)26-22-17-21(38-2)8-10-24(22)39-25-9-7-18(28(29,30)31)15-23(25)33-26/h3,5-10,15-17H,4,11-14H2,1-2H3,(H,32,36). The highest BCUT2D eigenvalue weighted by molar-refractivity contribution is 6.04. The number of carbonyl (C=O) groups is 1. The first-order valence-electron chi connectivity index (χ1n) is 12.4. The quantitative estimate of drug-likeness (QED) is 0.432. The van der Waals surface area contributed by atoms with E-state index >= 15 is 0 Å². The third-order valence-electron chi connectivity index (χ3n) is 6.56. The molecule has 1 N–H and O–H groups in total. The molecular weight excluding hydrogens is 513 g/mol. The average Bonchev–Trinajstić information content (AvgIpc) is 3.27. The summed E-state index contributed by atoms with van der Waals surface area (Å²) in [7, 11) is 3.09. The normalized spacial score (nSPS) is 15.2. The number of hydrogen-bond acceptors (Lipinski definition) is 6. The number of amides is 2. The second-order valence-electron chi connectivity index (χ2n) is 9.07. The number of anilines is 1. The zero-order valence-electron chi connectivity index (χ0n) is 21.4. The summed E-state index contributed by atoms with van der Waals surface area (Å²) in [6.07, 6.45) is -3.90. The van der Waals surface area contributed by atoms with Crippen molar-refractivity contribution in [3.8, 4) is 23.0 Å². The minimum atomic E-state index is -4.52. The van der Waals surface area contributed by atoms with Crippen LogP contribution >= 0.6 is 0 Å². The fraction of sp³-hybridized carbons (Fsp3) is 0.286. The zero-order valence-corrected chi connectivity index (χ0v) is 21.4. The summed E-state index contributed by atoms with van der Waals surface area (Å²) in [5, 5.41) is 2.90. The molecule has 0 radical (unpaired) electrons. The van der Waals surface area contributed by atoms with Gasteiger partial charge >= 0.3 is 12.2 Å². The monoisotopic (exact) mass is 540 g/mol. The summed E-state index contributed by atoms with van der Waals surface area (Å²) in [5.74, 6) is 2.31. The number of urea groups is 1. The molecule has 0 aliphatic carbocycles. The number of methoxy groups -OCH3 is 2. The van der Waals surface area contributed by atoms with Crippen molar-refractivity contribution >= 4 is 23.2 Å². The highest BCUT2D eigenvalue weighted by Gasteiger charge is 2.33. The molecule has 0 bridgehead atoms. The molecule has 1 saturated heterocycles. The molecule has 0 unspecified atom stereocenters. The fourth-order valence-electron chi connectivity index (χ4n) is 4.54. The first-order valence-corrected chi connectivity index (χ1v) is 12.4. The van der Waals surface area contributed by atoms with Gasteiger partial charge in [-0.15, -0.1) is 0 Å². The van der Waals surface area contributed by atoms with Crippen molar-refractivity contribution in [3.05, 3.63) is 71.8 Å². The number of halogens is 3. The molecule has 2 heterocycles. The summed E-state index contributed by atoms with van der Waals surface area (Å²) in [6.45, 7) is 1.82. The number of carbonyl (C=O) groups excluding carboxylic acids is 1. The van der Waals surface area contributed by atoms with E-state index in [4.69, 9.17) is 14.2 Å². The number of alkyl halides is 3. The molecule has 3 aromatic carbocycles. The van der Waals surface area contributed by atoms with Crippen LogP contribution in [0.2, 0.25) is 0 Å². The summed E-state index contributed by atoms with van der Waals surface area (Å²) < 4.78 is 57.1. The lowest BCUT2D eigenvalue weighted by Gasteiger charge is -2.25. The molecule has 2 aliphatic rings. The van der Waals surface area contributed by atoms with Crippen molar-refractivity contribution in [2.45, 2.75) is 12.6 Å². The minimum absolute atomic E-state index is 0.0758. The van der Waals surface area contributed by atoms with E-state index in [0.717, 1.165) is 12.1 Å². The van der Waals surface area contributed by atoms with Crippen LogP contribution in [-0.4, -0.2) is 62.1 Å². The predicted molar refractivity (Wildman–Crippen MR) is 140 cm³/mol. The third kappa shape index (κ3) is 5.71. The van der Waals surface area contributed by atoms with Crippen LogP contribution in [-0.2, 0) is 6.18 Å². The summed E-state index contributed by atoms with van der Waals surface area (Å²) in [6, 6.07) is 15.3. The Morgan fingerprint density at radius 1 is 0.923 bits per heavy atom. The van der Waals surface area contributed by atoms with Crippen LogP contribution in [0.1, 0.15) is 17.5 Å². The maximum Gasteiger partial charge on any atom is 0.416 e. The molecule has 8 nitrogen and oxygen atoms in total. The second kappa shape index (κ2) is 10.8. The number of nitrogens with zero attached hydrogens (tertiary/aromatic N) is 3. The van der Waals surface area contributed by atoms with Crippen LogP contribution in [0.15, 0.2) is 65.7 Å².